The van der Waals surface area contributed by atoms with Crippen LogP contribution in [0.2, 0.25) is 5.15 Å². The van der Waals surface area contributed by atoms with Gasteiger partial charge in [-0.2, -0.15) is 0 Å². The maximum Gasteiger partial charge on any atom is 0.410 e. The molecule has 0 bridgehead atoms. The summed E-state index contributed by atoms with van der Waals surface area (Å²) in [7, 11) is 0. The van der Waals surface area contributed by atoms with Gasteiger partial charge in [0.2, 0.25) is 5.91 Å². The molecular weight excluding hydrogens is 598 g/mol. The monoisotopic (exact) mass is 639 g/mol. The van der Waals surface area contributed by atoms with Crippen LogP contribution in [-0.4, -0.2) is 84.6 Å². The van der Waals surface area contributed by atoms with Crippen LogP contribution in [0.5, 0.6) is 0 Å². The Labute approximate surface area is 267 Å². The van der Waals surface area contributed by atoms with E-state index in [1.54, 1.807) is 15.5 Å². The summed E-state index contributed by atoms with van der Waals surface area (Å²) in [6.45, 7) is 11.2. The number of carbonyl (C=O) groups is 2. The zero-order chi connectivity index (χ0) is 32.3. The molecule has 1 saturated carbocycles. The number of morpholine rings is 1. The number of carbonyl (C=O) groups excluding carboxylic acids is 2. The van der Waals surface area contributed by atoms with Gasteiger partial charge in [-0.1, -0.05) is 30.7 Å². The van der Waals surface area contributed by atoms with Crippen molar-refractivity contribution in [3.63, 3.8) is 0 Å². The van der Waals surface area contributed by atoms with Crippen molar-refractivity contribution >= 4 is 34.6 Å². The number of aromatic nitrogens is 3. The second kappa shape index (κ2) is 11.4. The van der Waals surface area contributed by atoms with Crippen LogP contribution in [0.15, 0.2) is 41.5 Å². The first kappa shape index (κ1) is 31.6. The molecule has 2 amide bonds. The number of rotatable bonds is 5. The highest BCUT2D eigenvalue weighted by Crippen LogP contribution is 2.47. The van der Waals surface area contributed by atoms with E-state index in [1.807, 2.05) is 63.8 Å². The minimum atomic E-state index is -1.11. The first-order valence-corrected chi connectivity index (χ1v) is 16.0. The molecule has 12 heteroatoms. The number of amides is 2. The van der Waals surface area contributed by atoms with Crippen LogP contribution in [0.4, 0.5) is 4.79 Å². The summed E-state index contributed by atoms with van der Waals surface area (Å²) in [6, 6.07) is 8.85. The van der Waals surface area contributed by atoms with Gasteiger partial charge in [-0.15, -0.1) is 0 Å². The summed E-state index contributed by atoms with van der Waals surface area (Å²) < 4.78 is 14.7. The van der Waals surface area contributed by atoms with Crippen LogP contribution in [0.25, 0.3) is 16.7 Å². The Morgan fingerprint density at radius 2 is 1.80 bits per heavy atom. The molecule has 1 N–H and O–H groups in total. The average Bonchev–Trinajstić information content (AvgIpc) is 3.64. The molecule has 2 aliphatic heterocycles. The number of nitrogens with zero attached hydrogens (tertiary/aromatic N) is 5. The Morgan fingerprint density at radius 1 is 1.13 bits per heavy atom. The lowest BCUT2D eigenvalue weighted by molar-refractivity contribution is -0.141. The van der Waals surface area contributed by atoms with E-state index in [1.165, 1.54) is 10.9 Å². The van der Waals surface area contributed by atoms with Gasteiger partial charge in [-0.3, -0.25) is 23.6 Å². The third-order valence-electron chi connectivity index (χ3n) is 9.24. The fourth-order valence-electron chi connectivity index (χ4n) is 6.27. The lowest BCUT2D eigenvalue weighted by Gasteiger charge is -2.39. The van der Waals surface area contributed by atoms with E-state index in [0.29, 0.717) is 61.0 Å². The Kier molecular flexibility index (Phi) is 8.02. The summed E-state index contributed by atoms with van der Waals surface area (Å²) in [5.74, 6) is 0.163. The third kappa shape index (κ3) is 6.35. The van der Waals surface area contributed by atoms with E-state index in [9.17, 15) is 19.5 Å². The summed E-state index contributed by atoms with van der Waals surface area (Å²) in [6.07, 6.45) is 3.58. The van der Waals surface area contributed by atoms with E-state index in [2.05, 4.69) is 4.98 Å². The number of hydrogen-bond acceptors (Lipinski definition) is 7. The summed E-state index contributed by atoms with van der Waals surface area (Å²) in [5, 5.41) is 12.0. The Hall–Kier alpha value is -3.41. The minimum absolute atomic E-state index is 0.0851. The minimum Gasteiger partial charge on any atom is -0.444 e. The number of halogens is 1. The number of hydrogen-bond donors (Lipinski definition) is 1. The van der Waals surface area contributed by atoms with Crippen molar-refractivity contribution in [3.8, 4) is 5.69 Å². The molecule has 3 aliphatic rings. The van der Waals surface area contributed by atoms with E-state index < -0.39 is 11.2 Å². The van der Waals surface area contributed by atoms with Crippen molar-refractivity contribution in [2.45, 2.75) is 90.2 Å². The molecule has 242 valence electrons. The van der Waals surface area contributed by atoms with E-state index >= 15 is 0 Å². The van der Waals surface area contributed by atoms with Crippen LogP contribution >= 0.6 is 11.6 Å². The first-order chi connectivity index (χ1) is 21.2. The predicted molar refractivity (Wildman–Crippen MR) is 170 cm³/mol. The molecule has 0 radical (unpaired) electrons. The maximum absolute atomic E-state index is 13.6. The molecule has 45 heavy (non-hydrogen) atoms. The molecule has 3 aromatic rings. The predicted octanol–water partition coefficient (Wildman–Crippen LogP) is 4.69. The van der Waals surface area contributed by atoms with Gasteiger partial charge in [-0.25, -0.2) is 9.78 Å². The second-order valence-corrected chi connectivity index (χ2v) is 14.6. The van der Waals surface area contributed by atoms with Crippen LogP contribution in [0, 0.1) is 5.41 Å². The number of piperidine rings is 1. The van der Waals surface area contributed by atoms with Crippen molar-refractivity contribution in [2.75, 3.05) is 26.2 Å². The van der Waals surface area contributed by atoms with Crippen LogP contribution in [-0.2, 0) is 20.8 Å². The molecule has 2 saturated heterocycles. The van der Waals surface area contributed by atoms with Gasteiger partial charge in [0.05, 0.1) is 42.8 Å². The average molecular weight is 640 g/mol. The smallest absolute Gasteiger partial charge is 0.410 e. The molecule has 1 aliphatic carbocycles. The van der Waals surface area contributed by atoms with Crippen LogP contribution in [0.3, 0.4) is 0 Å². The third-order valence-corrected chi connectivity index (χ3v) is 9.51. The number of aliphatic hydroxyl groups is 1. The first-order valence-electron chi connectivity index (χ1n) is 15.7. The van der Waals surface area contributed by atoms with Crippen LogP contribution < -0.4 is 5.56 Å². The molecule has 1 aromatic carbocycles. The van der Waals surface area contributed by atoms with Gasteiger partial charge >= 0.3 is 6.09 Å². The van der Waals surface area contributed by atoms with Gasteiger partial charge < -0.3 is 19.5 Å². The lowest BCUT2D eigenvalue weighted by Crippen LogP contribution is -2.51. The van der Waals surface area contributed by atoms with Crippen molar-refractivity contribution < 1.29 is 24.2 Å². The van der Waals surface area contributed by atoms with Gasteiger partial charge in [-0.05, 0) is 77.1 Å². The number of likely N-dealkylation sites (tertiary alicyclic amines) is 1. The lowest BCUT2D eigenvalue weighted by atomic mass is 9.90. The quantitative estimate of drug-likeness (QED) is 0.430. The van der Waals surface area contributed by atoms with Gasteiger partial charge in [0.25, 0.3) is 5.56 Å². The van der Waals surface area contributed by atoms with Gasteiger partial charge in [0.1, 0.15) is 17.1 Å². The number of fused-ring (bicyclic) bond motifs is 1. The maximum atomic E-state index is 13.6. The summed E-state index contributed by atoms with van der Waals surface area (Å²) in [5.41, 5.74) is -0.271. The van der Waals surface area contributed by atoms with Gasteiger partial charge in [0.15, 0.2) is 5.65 Å². The molecule has 0 unspecified atom stereocenters. The van der Waals surface area contributed by atoms with E-state index in [0.717, 1.165) is 18.4 Å². The molecule has 0 spiro atoms. The zero-order valence-electron chi connectivity index (χ0n) is 26.6. The van der Waals surface area contributed by atoms with Crippen molar-refractivity contribution in [1.82, 2.24) is 23.9 Å². The van der Waals surface area contributed by atoms with E-state index in [-0.39, 0.29) is 41.7 Å². The largest absolute Gasteiger partial charge is 0.444 e. The van der Waals surface area contributed by atoms with E-state index in [4.69, 9.17) is 21.1 Å². The molecule has 11 nitrogen and oxygen atoms in total. The highest BCUT2D eigenvalue weighted by atomic mass is 35.5. The normalized spacial score (nSPS) is 22.8. The second-order valence-electron chi connectivity index (χ2n) is 14.2. The Morgan fingerprint density at radius 3 is 2.42 bits per heavy atom. The van der Waals surface area contributed by atoms with Crippen molar-refractivity contribution in [2.24, 2.45) is 5.41 Å². The topological polar surface area (TPSA) is 119 Å². The van der Waals surface area contributed by atoms with Crippen molar-refractivity contribution in [3.05, 3.63) is 57.7 Å². The molecule has 2 aromatic heterocycles. The fourth-order valence-corrected chi connectivity index (χ4v) is 6.56. The summed E-state index contributed by atoms with van der Waals surface area (Å²) in [4.78, 5) is 47.5. The van der Waals surface area contributed by atoms with Crippen molar-refractivity contribution in [1.29, 1.82) is 0 Å². The highest BCUT2D eigenvalue weighted by molar-refractivity contribution is 6.31. The highest BCUT2D eigenvalue weighted by Gasteiger charge is 2.48. The molecule has 3 fully saturated rings. The summed E-state index contributed by atoms with van der Waals surface area (Å²) >= 11 is 6.66. The SMILES string of the molecule is C[C@@H]1CN(C(=O)OC(C)(C)C)[C@@H](c2ccc(-n3c(Cl)cc4c(=O)n(CC5(O)CCN(C(=O)C6(C)CC6)CC5)cnc43)cc2)CO1. The molecular formula is C33H42ClN5O6. The fraction of sp³-hybridized carbons (Fsp3) is 0.576. The Bertz CT molecular complexity index is 1660. The molecule has 4 heterocycles. The molecule has 6 rings (SSSR count). The zero-order valence-corrected chi connectivity index (χ0v) is 27.3. The molecule has 2 atom stereocenters. The number of ether oxygens (including phenoxy) is 2. The number of benzene rings is 1. The van der Waals surface area contributed by atoms with Gasteiger partial charge in [0, 0.05) is 24.2 Å². The van der Waals surface area contributed by atoms with Crippen LogP contribution in [0.1, 0.15) is 71.9 Å². The Balaban J connectivity index is 1.20. The standard InChI is InChI=1S/C33H42ClN5O6/c1-21-17-38(30(42)45-31(2,3)4)25(18-44-21)22-6-8-23(9-7-22)39-26(34)16-24-27(39)35-20-37(28(24)40)19-33(43)12-14-36(15-13-33)29(41)32(5)10-11-32/h6-9,16,20-21,25,43H,10-15,17-19H2,1-5H3/t21-,25-/m1/s1.